The minimum Gasteiger partial charge on any atom is -0.496 e. The standard InChI is InChI=1S/C20H24N2O5S/c1-15(16-6-4-3-5-7-16)21-28(24,25)17-8-9-19(26-2)18(14-17)20(23)22-10-12-27-13-11-22/h3-9,14-15,21H,10-13H2,1-2H3. The normalized spacial score (nSPS) is 15.9. The van der Waals surface area contributed by atoms with Gasteiger partial charge in [0.1, 0.15) is 5.75 Å². The maximum Gasteiger partial charge on any atom is 0.257 e. The van der Waals surface area contributed by atoms with Gasteiger partial charge in [0.25, 0.3) is 5.91 Å². The van der Waals surface area contributed by atoms with E-state index in [4.69, 9.17) is 9.47 Å². The summed E-state index contributed by atoms with van der Waals surface area (Å²) in [5.74, 6) is 0.0693. The van der Waals surface area contributed by atoms with Gasteiger partial charge in [-0.3, -0.25) is 4.79 Å². The minimum absolute atomic E-state index is 0.0210. The van der Waals surface area contributed by atoms with Crippen LogP contribution in [0.4, 0.5) is 0 Å². The van der Waals surface area contributed by atoms with Crippen molar-refractivity contribution in [2.45, 2.75) is 17.9 Å². The molecule has 28 heavy (non-hydrogen) atoms. The molecule has 0 spiro atoms. The van der Waals surface area contributed by atoms with Gasteiger partial charge >= 0.3 is 0 Å². The Bertz CT molecular complexity index is 925. The molecule has 2 aromatic carbocycles. The van der Waals surface area contributed by atoms with Crippen molar-refractivity contribution >= 4 is 15.9 Å². The molecule has 1 aliphatic heterocycles. The first-order valence-corrected chi connectivity index (χ1v) is 10.5. The highest BCUT2D eigenvalue weighted by Gasteiger charge is 2.25. The van der Waals surface area contributed by atoms with Crippen LogP contribution in [-0.4, -0.2) is 52.6 Å². The number of rotatable bonds is 6. The fraction of sp³-hybridized carbons (Fsp3) is 0.350. The molecule has 7 nitrogen and oxygen atoms in total. The zero-order valence-electron chi connectivity index (χ0n) is 15.9. The lowest BCUT2D eigenvalue weighted by molar-refractivity contribution is 0.0300. The number of nitrogens with zero attached hydrogens (tertiary/aromatic N) is 1. The fourth-order valence-electron chi connectivity index (χ4n) is 3.07. The molecule has 3 rings (SSSR count). The van der Waals surface area contributed by atoms with Gasteiger partial charge in [-0.2, -0.15) is 0 Å². The van der Waals surface area contributed by atoms with Gasteiger partial charge in [0.2, 0.25) is 10.0 Å². The van der Waals surface area contributed by atoms with Gasteiger partial charge in [-0.15, -0.1) is 0 Å². The Morgan fingerprint density at radius 2 is 1.82 bits per heavy atom. The quantitative estimate of drug-likeness (QED) is 0.798. The predicted octanol–water partition coefficient (Wildman–Crippen LogP) is 2.21. The number of amides is 1. The molecule has 1 amide bonds. The molecule has 1 atom stereocenters. The average Bonchev–Trinajstić information content (AvgIpc) is 2.73. The molecule has 1 heterocycles. The lowest BCUT2D eigenvalue weighted by Crippen LogP contribution is -2.40. The van der Waals surface area contributed by atoms with Crippen molar-refractivity contribution in [3.05, 3.63) is 59.7 Å². The van der Waals surface area contributed by atoms with Gasteiger partial charge in [-0.25, -0.2) is 13.1 Å². The lowest BCUT2D eigenvalue weighted by Gasteiger charge is -2.27. The largest absolute Gasteiger partial charge is 0.496 e. The van der Waals surface area contributed by atoms with Crippen LogP contribution in [0.25, 0.3) is 0 Å². The van der Waals surface area contributed by atoms with Crippen molar-refractivity contribution in [3.63, 3.8) is 0 Å². The molecule has 0 bridgehead atoms. The monoisotopic (exact) mass is 404 g/mol. The third-order valence-corrected chi connectivity index (χ3v) is 6.18. The SMILES string of the molecule is COc1ccc(S(=O)(=O)NC(C)c2ccccc2)cc1C(=O)N1CCOCC1. The lowest BCUT2D eigenvalue weighted by atomic mass is 10.1. The van der Waals surface area contributed by atoms with Crippen LogP contribution in [0.15, 0.2) is 53.4 Å². The molecular formula is C20H24N2O5S. The zero-order valence-corrected chi connectivity index (χ0v) is 16.7. The van der Waals surface area contributed by atoms with Crippen molar-refractivity contribution in [3.8, 4) is 5.75 Å². The molecule has 1 unspecified atom stereocenters. The smallest absolute Gasteiger partial charge is 0.257 e. The summed E-state index contributed by atoms with van der Waals surface area (Å²) in [7, 11) is -2.37. The van der Waals surface area contributed by atoms with E-state index in [-0.39, 0.29) is 16.4 Å². The second-order valence-corrected chi connectivity index (χ2v) is 8.23. The van der Waals surface area contributed by atoms with Gasteiger partial charge < -0.3 is 14.4 Å². The van der Waals surface area contributed by atoms with Crippen LogP contribution in [0.2, 0.25) is 0 Å². The molecule has 1 fully saturated rings. The van der Waals surface area contributed by atoms with Gasteiger partial charge in [0.15, 0.2) is 0 Å². The van der Waals surface area contributed by atoms with Crippen LogP contribution in [-0.2, 0) is 14.8 Å². The predicted molar refractivity (Wildman–Crippen MR) is 105 cm³/mol. The number of sulfonamides is 1. The third-order valence-electron chi connectivity index (χ3n) is 4.64. The van der Waals surface area contributed by atoms with Crippen molar-refractivity contribution in [1.29, 1.82) is 0 Å². The topological polar surface area (TPSA) is 84.9 Å². The molecule has 0 saturated carbocycles. The van der Waals surface area contributed by atoms with Crippen LogP contribution >= 0.6 is 0 Å². The average molecular weight is 404 g/mol. The summed E-state index contributed by atoms with van der Waals surface area (Å²) in [5.41, 5.74) is 1.07. The molecule has 0 aliphatic carbocycles. The second-order valence-electron chi connectivity index (χ2n) is 6.52. The molecule has 0 radical (unpaired) electrons. The Hall–Kier alpha value is -2.42. The second kappa shape index (κ2) is 8.72. The van der Waals surface area contributed by atoms with Crippen LogP contribution in [0.1, 0.15) is 28.9 Å². The highest BCUT2D eigenvalue weighted by atomic mass is 32.2. The Kier molecular flexibility index (Phi) is 6.33. The summed E-state index contributed by atoms with van der Waals surface area (Å²) in [5, 5.41) is 0. The van der Waals surface area contributed by atoms with E-state index in [1.807, 2.05) is 30.3 Å². The van der Waals surface area contributed by atoms with Gasteiger partial charge in [-0.05, 0) is 30.7 Å². The number of benzene rings is 2. The van der Waals surface area contributed by atoms with E-state index in [9.17, 15) is 13.2 Å². The Morgan fingerprint density at radius 3 is 2.46 bits per heavy atom. The van der Waals surface area contributed by atoms with E-state index in [0.717, 1.165) is 5.56 Å². The molecule has 150 valence electrons. The maximum atomic E-state index is 12.9. The van der Waals surface area contributed by atoms with Crippen molar-refractivity contribution in [2.75, 3.05) is 33.4 Å². The molecule has 1 saturated heterocycles. The van der Waals surface area contributed by atoms with Gasteiger partial charge in [0.05, 0.1) is 30.8 Å². The molecule has 1 N–H and O–H groups in total. The fourth-order valence-corrected chi connectivity index (χ4v) is 4.33. The number of ether oxygens (including phenoxy) is 2. The molecule has 0 aromatic heterocycles. The highest BCUT2D eigenvalue weighted by molar-refractivity contribution is 7.89. The summed E-state index contributed by atoms with van der Waals surface area (Å²) in [6, 6.07) is 13.2. The maximum absolute atomic E-state index is 12.9. The summed E-state index contributed by atoms with van der Waals surface area (Å²) in [6.45, 7) is 3.62. The Labute approximate surface area is 165 Å². The first-order chi connectivity index (χ1) is 13.4. The number of hydrogen-bond acceptors (Lipinski definition) is 5. The minimum atomic E-state index is -3.82. The first kappa shape index (κ1) is 20.3. The van der Waals surface area contributed by atoms with Crippen molar-refractivity contribution in [1.82, 2.24) is 9.62 Å². The summed E-state index contributed by atoms with van der Waals surface area (Å²) in [6.07, 6.45) is 0. The third kappa shape index (κ3) is 4.52. The van der Waals surface area contributed by atoms with E-state index < -0.39 is 16.1 Å². The Balaban J connectivity index is 1.88. The van der Waals surface area contributed by atoms with E-state index >= 15 is 0 Å². The van der Waals surface area contributed by atoms with Crippen molar-refractivity contribution in [2.24, 2.45) is 0 Å². The molecule has 2 aromatic rings. The number of methoxy groups -OCH3 is 1. The zero-order chi connectivity index (χ0) is 20.1. The van der Waals surface area contributed by atoms with E-state index in [1.54, 1.807) is 11.8 Å². The number of morpholine rings is 1. The number of carbonyl (C=O) groups excluding carboxylic acids is 1. The molecular weight excluding hydrogens is 380 g/mol. The van der Waals surface area contributed by atoms with E-state index in [2.05, 4.69) is 4.72 Å². The van der Waals surface area contributed by atoms with Gasteiger partial charge in [-0.1, -0.05) is 30.3 Å². The van der Waals surface area contributed by atoms with Crippen LogP contribution in [0.3, 0.4) is 0 Å². The van der Waals surface area contributed by atoms with Gasteiger partial charge in [0, 0.05) is 19.1 Å². The molecule has 1 aliphatic rings. The van der Waals surface area contributed by atoms with Crippen LogP contribution in [0.5, 0.6) is 5.75 Å². The van der Waals surface area contributed by atoms with Crippen molar-refractivity contribution < 1.29 is 22.7 Å². The summed E-state index contributed by atoms with van der Waals surface area (Å²) >= 11 is 0. The highest BCUT2D eigenvalue weighted by Crippen LogP contribution is 2.25. The number of carbonyl (C=O) groups is 1. The van der Waals surface area contributed by atoms with E-state index in [0.29, 0.717) is 32.1 Å². The first-order valence-electron chi connectivity index (χ1n) is 9.04. The van der Waals surface area contributed by atoms with Crippen LogP contribution in [0, 0.1) is 0 Å². The number of nitrogens with one attached hydrogen (secondary N) is 1. The van der Waals surface area contributed by atoms with E-state index in [1.165, 1.54) is 25.3 Å². The Morgan fingerprint density at radius 1 is 1.14 bits per heavy atom. The van der Waals surface area contributed by atoms with Crippen LogP contribution < -0.4 is 9.46 Å². The molecule has 8 heteroatoms. The summed E-state index contributed by atoms with van der Waals surface area (Å²) in [4.78, 5) is 14.5. The number of hydrogen-bond donors (Lipinski definition) is 1. The summed E-state index contributed by atoms with van der Waals surface area (Å²) < 4.78 is 39.0.